The smallest absolute Gasteiger partial charge is 0.258 e. The number of rotatable bonds is 3. The van der Waals surface area contributed by atoms with Gasteiger partial charge in [-0.25, -0.2) is 4.39 Å². The maximum absolute atomic E-state index is 13.7. The third-order valence-corrected chi connectivity index (χ3v) is 2.68. The van der Waals surface area contributed by atoms with E-state index in [9.17, 15) is 19.1 Å². The number of carbonyl (C=O) groups is 2. The van der Waals surface area contributed by atoms with Crippen LogP contribution in [0.15, 0.2) is 42.5 Å². The molecule has 3 N–H and O–H groups in total. The predicted molar refractivity (Wildman–Crippen MR) is 76.8 cm³/mol. The minimum absolute atomic E-state index is 0.121. The van der Waals surface area contributed by atoms with E-state index in [1.165, 1.54) is 31.2 Å². The third-order valence-electron chi connectivity index (χ3n) is 2.68. The standard InChI is InChI=1S/C15H13FN2O3/c1-9(19)17-10-6-7-12(16)11(8-10)15(21)18-13-4-2-3-5-14(13)20/h2-8,20H,1H3,(H,17,19)(H,18,21). The number of carbonyl (C=O) groups excluding carboxylic acids is 2. The Morgan fingerprint density at radius 3 is 2.48 bits per heavy atom. The SMILES string of the molecule is CC(=O)Nc1ccc(F)c(C(=O)Nc2ccccc2O)c1. The summed E-state index contributed by atoms with van der Waals surface area (Å²) in [6, 6.07) is 9.79. The first-order chi connectivity index (χ1) is 9.97. The fourth-order valence-corrected chi connectivity index (χ4v) is 1.75. The fraction of sp³-hybridized carbons (Fsp3) is 0.0667. The van der Waals surface area contributed by atoms with Gasteiger partial charge in [0, 0.05) is 12.6 Å². The molecular formula is C15H13FN2O3. The zero-order chi connectivity index (χ0) is 15.4. The molecule has 0 radical (unpaired) electrons. The van der Waals surface area contributed by atoms with Crippen molar-refractivity contribution in [3.05, 3.63) is 53.8 Å². The molecule has 0 unspecified atom stereocenters. The highest BCUT2D eigenvalue weighted by atomic mass is 19.1. The Balaban J connectivity index is 2.26. The summed E-state index contributed by atoms with van der Waals surface area (Å²) in [7, 11) is 0. The molecule has 2 aromatic rings. The van der Waals surface area contributed by atoms with Crippen molar-refractivity contribution in [1.29, 1.82) is 0 Å². The maximum atomic E-state index is 13.7. The molecule has 21 heavy (non-hydrogen) atoms. The molecule has 2 aromatic carbocycles. The van der Waals surface area contributed by atoms with E-state index in [1.54, 1.807) is 12.1 Å². The number of phenolic OH excluding ortho intramolecular Hbond substituents is 1. The molecule has 5 nitrogen and oxygen atoms in total. The van der Waals surface area contributed by atoms with E-state index in [-0.39, 0.29) is 22.9 Å². The first-order valence-corrected chi connectivity index (χ1v) is 6.14. The highest BCUT2D eigenvalue weighted by Crippen LogP contribution is 2.23. The molecule has 6 heteroatoms. The topological polar surface area (TPSA) is 78.4 Å². The number of para-hydroxylation sites is 2. The molecule has 108 valence electrons. The molecule has 0 aliphatic carbocycles. The van der Waals surface area contributed by atoms with E-state index >= 15 is 0 Å². The average Bonchev–Trinajstić information content (AvgIpc) is 2.43. The molecule has 0 bridgehead atoms. The quantitative estimate of drug-likeness (QED) is 0.760. The zero-order valence-corrected chi connectivity index (χ0v) is 11.2. The Hall–Kier alpha value is -2.89. The molecule has 0 aliphatic rings. The first kappa shape index (κ1) is 14.5. The summed E-state index contributed by atoms with van der Waals surface area (Å²) in [5, 5.41) is 14.5. The van der Waals surface area contributed by atoms with Gasteiger partial charge in [-0.05, 0) is 30.3 Å². The van der Waals surface area contributed by atoms with Crippen LogP contribution in [0.5, 0.6) is 5.75 Å². The van der Waals surface area contributed by atoms with Gasteiger partial charge in [0.15, 0.2) is 0 Å². The van der Waals surface area contributed by atoms with Gasteiger partial charge in [0.05, 0.1) is 11.3 Å². The van der Waals surface area contributed by atoms with E-state index < -0.39 is 11.7 Å². The number of halogens is 1. The van der Waals surface area contributed by atoms with E-state index in [4.69, 9.17) is 0 Å². The summed E-state index contributed by atoms with van der Waals surface area (Å²) in [6.45, 7) is 1.31. The van der Waals surface area contributed by atoms with Crippen LogP contribution in [0.25, 0.3) is 0 Å². The van der Waals surface area contributed by atoms with Gasteiger partial charge in [-0.1, -0.05) is 12.1 Å². The monoisotopic (exact) mass is 288 g/mol. The first-order valence-electron chi connectivity index (χ1n) is 6.14. The number of anilines is 2. The van der Waals surface area contributed by atoms with Crippen LogP contribution in [0.4, 0.5) is 15.8 Å². The summed E-state index contributed by atoms with van der Waals surface area (Å²) in [6.07, 6.45) is 0. The number of nitrogens with one attached hydrogen (secondary N) is 2. The van der Waals surface area contributed by atoms with Crippen LogP contribution in [0.3, 0.4) is 0 Å². The van der Waals surface area contributed by atoms with Gasteiger partial charge in [0.2, 0.25) is 5.91 Å². The molecule has 0 saturated carbocycles. The number of phenols is 1. The predicted octanol–water partition coefficient (Wildman–Crippen LogP) is 2.74. The van der Waals surface area contributed by atoms with Crippen molar-refractivity contribution in [3.8, 4) is 5.75 Å². The van der Waals surface area contributed by atoms with Crippen LogP contribution in [-0.4, -0.2) is 16.9 Å². The minimum Gasteiger partial charge on any atom is -0.506 e. The fourth-order valence-electron chi connectivity index (χ4n) is 1.75. The van der Waals surface area contributed by atoms with Crippen LogP contribution in [0, 0.1) is 5.82 Å². The Bertz CT molecular complexity index is 701. The lowest BCUT2D eigenvalue weighted by Gasteiger charge is -2.09. The summed E-state index contributed by atoms with van der Waals surface area (Å²) in [5.41, 5.74) is 0.252. The number of amides is 2. The molecule has 0 saturated heterocycles. The summed E-state index contributed by atoms with van der Waals surface area (Å²) in [5.74, 6) is -1.89. The number of benzene rings is 2. The van der Waals surface area contributed by atoms with Crippen LogP contribution in [-0.2, 0) is 4.79 Å². The number of hydrogen-bond donors (Lipinski definition) is 3. The minimum atomic E-state index is -0.725. The van der Waals surface area contributed by atoms with Crippen LogP contribution in [0.2, 0.25) is 0 Å². The lowest BCUT2D eigenvalue weighted by molar-refractivity contribution is -0.114. The molecule has 0 aromatic heterocycles. The lowest BCUT2D eigenvalue weighted by Crippen LogP contribution is -2.15. The molecule has 0 atom stereocenters. The summed E-state index contributed by atoms with van der Waals surface area (Å²) < 4.78 is 13.7. The van der Waals surface area contributed by atoms with E-state index in [0.29, 0.717) is 5.69 Å². The van der Waals surface area contributed by atoms with Crippen molar-refractivity contribution in [1.82, 2.24) is 0 Å². The normalized spacial score (nSPS) is 10.0. The Morgan fingerprint density at radius 2 is 1.81 bits per heavy atom. The van der Waals surface area contributed by atoms with Gasteiger partial charge in [0.25, 0.3) is 5.91 Å². The Labute approximate surface area is 120 Å². The Kier molecular flexibility index (Phi) is 4.18. The second-order valence-corrected chi connectivity index (χ2v) is 4.35. The van der Waals surface area contributed by atoms with Crippen molar-refractivity contribution < 1.29 is 19.1 Å². The van der Waals surface area contributed by atoms with Crippen molar-refractivity contribution in [2.24, 2.45) is 0 Å². The highest BCUT2D eigenvalue weighted by molar-refractivity contribution is 6.06. The maximum Gasteiger partial charge on any atom is 0.258 e. The van der Waals surface area contributed by atoms with Gasteiger partial charge in [0.1, 0.15) is 11.6 Å². The number of hydrogen-bond acceptors (Lipinski definition) is 3. The van der Waals surface area contributed by atoms with Gasteiger partial charge >= 0.3 is 0 Å². The molecule has 0 heterocycles. The van der Waals surface area contributed by atoms with Crippen molar-refractivity contribution in [2.45, 2.75) is 6.92 Å². The van der Waals surface area contributed by atoms with Crippen molar-refractivity contribution in [3.63, 3.8) is 0 Å². The molecule has 0 aliphatic heterocycles. The Morgan fingerprint density at radius 1 is 1.10 bits per heavy atom. The highest BCUT2D eigenvalue weighted by Gasteiger charge is 2.14. The van der Waals surface area contributed by atoms with Gasteiger partial charge in [-0.15, -0.1) is 0 Å². The van der Waals surface area contributed by atoms with Crippen molar-refractivity contribution >= 4 is 23.2 Å². The van der Waals surface area contributed by atoms with Crippen LogP contribution >= 0.6 is 0 Å². The lowest BCUT2D eigenvalue weighted by atomic mass is 10.1. The van der Waals surface area contributed by atoms with Gasteiger partial charge in [-0.2, -0.15) is 0 Å². The van der Waals surface area contributed by atoms with Gasteiger partial charge < -0.3 is 15.7 Å². The second kappa shape index (κ2) is 6.04. The summed E-state index contributed by atoms with van der Waals surface area (Å²) in [4.78, 5) is 23.0. The molecular weight excluding hydrogens is 275 g/mol. The van der Waals surface area contributed by atoms with Crippen LogP contribution < -0.4 is 10.6 Å². The van der Waals surface area contributed by atoms with E-state index in [0.717, 1.165) is 6.07 Å². The average molecular weight is 288 g/mol. The second-order valence-electron chi connectivity index (χ2n) is 4.35. The zero-order valence-electron chi connectivity index (χ0n) is 11.2. The van der Waals surface area contributed by atoms with E-state index in [2.05, 4.69) is 10.6 Å². The van der Waals surface area contributed by atoms with E-state index in [1.807, 2.05) is 0 Å². The van der Waals surface area contributed by atoms with Crippen molar-refractivity contribution in [2.75, 3.05) is 10.6 Å². The molecule has 0 spiro atoms. The molecule has 2 amide bonds. The largest absolute Gasteiger partial charge is 0.506 e. The summed E-state index contributed by atoms with van der Waals surface area (Å²) >= 11 is 0. The van der Waals surface area contributed by atoms with Gasteiger partial charge in [-0.3, -0.25) is 9.59 Å². The van der Waals surface area contributed by atoms with Crippen LogP contribution in [0.1, 0.15) is 17.3 Å². The third kappa shape index (κ3) is 3.56. The number of aromatic hydroxyl groups is 1. The molecule has 0 fully saturated rings. The molecule has 2 rings (SSSR count).